The van der Waals surface area contributed by atoms with Crippen LogP contribution in [0.4, 0.5) is 5.69 Å². The third kappa shape index (κ3) is 5.35. The van der Waals surface area contributed by atoms with Crippen molar-refractivity contribution in [2.24, 2.45) is 0 Å². The summed E-state index contributed by atoms with van der Waals surface area (Å²) in [6.45, 7) is 6.24. The number of hydrogen-bond acceptors (Lipinski definition) is 4. The van der Waals surface area contributed by atoms with Crippen molar-refractivity contribution in [3.05, 3.63) is 68.0 Å². The van der Waals surface area contributed by atoms with Gasteiger partial charge in [0.2, 0.25) is 5.91 Å². The number of amides is 2. The topological polar surface area (TPSA) is 49.4 Å². The van der Waals surface area contributed by atoms with Crippen LogP contribution >= 0.6 is 39.9 Å². The van der Waals surface area contributed by atoms with Crippen molar-refractivity contribution in [3.63, 3.8) is 0 Å². The molecule has 1 saturated heterocycles. The second-order valence-corrected chi connectivity index (χ2v) is 9.55. The number of halogens is 1. The van der Waals surface area contributed by atoms with Gasteiger partial charge in [0.1, 0.15) is 4.32 Å². The quantitative estimate of drug-likeness (QED) is 0.439. The molecule has 4 nitrogen and oxygen atoms in total. The van der Waals surface area contributed by atoms with Crippen LogP contribution in [0.5, 0.6) is 0 Å². The van der Waals surface area contributed by atoms with Gasteiger partial charge in [0.15, 0.2) is 0 Å². The van der Waals surface area contributed by atoms with E-state index < -0.39 is 0 Å². The van der Waals surface area contributed by atoms with E-state index in [1.54, 1.807) is 0 Å². The van der Waals surface area contributed by atoms with Crippen LogP contribution in [0, 0.1) is 20.8 Å². The van der Waals surface area contributed by atoms with Crippen molar-refractivity contribution < 1.29 is 9.59 Å². The third-order valence-electron chi connectivity index (χ3n) is 4.52. The molecule has 1 heterocycles. The predicted molar refractivity (Wildman–Crippen MR) is 128 cm³/mol. The molecule has 0 radical (unpaired) electrons. The lowest BCUT2D eigenvalue weighted by Gasteiger charge is -2.16. The lowest BCUT2D eigenvalue weighted by Crippen LogP contribution is -2.31. The van der Waals surface area contributed by atoms with E-state index in [9.17, 15) is 9.59 Å². The minimum absolute atomic E-state index is 0.134. The zero-order chi connectivity index (χ0) is 21.1. The predicted octanol–water partition coefficient (Wildman–Crippen LogP) is 5.60. The molecule has 29 heavy (non-hydrogen) atoms. The van der Waals surface area contributed by atoms with Gasteiger partial charge >= 0.3 is 0 Å². The Balaban J connectivity index is 1.64. The Morgan fingerprint density at radius 1 is 1.21 bits per heavy atom. The molecule has 1 fully saturated rings. The van der Waals surface area contributed by atoms with Crippen LogP contribution < -0.4 is 5.32 Å². The van der Waals surface area contributed by atoms with E-state index in [1.165, 1.54) is 16.7 Å². The van der Waals surface area contributed by atoms with Gasteiger partial charge in [-0.25, -0.2) is 0 Å². The number of anilines is 1. The highest BCUT2D eigenvalue weighted by atomic mass is 79.9. The maximum atomic E-state index is 12.7. The Bertz CT molecular complexity index is 1010. The average molecular weight is 489 g/mol. The molecule has 0 bridgehead atoms. The van der Waals surface area contributed by atoms with Gasteiger partial charge in [-0.3, -0.25) is 14.5 Å². The first-order valence-electron chi connectivity index (χ1n) is 9.13. The molecular weight excluding hydrogens is 468 g/mol. The Labute approximate surface area is 188 Å². The van der Waals surface area contributed by atoms with Crippen molar-refractivity contribution in [3.8, 4) is 0 Å². The fourth-order valence-corrected chi connectivity index (χ4v) is 4.96. The van der Waals surface area contributed by atoms with E-state index >= 15 is 0 Å². The minimum Gasteiger partial charge on any atom is -0.326 e. The van der Waals surface area contributed by atoms with Crippen LogP contribution in [0.2, 0.25) is 0 Å². The fourth-order valence-electron chi connectivity index (χ4n) is 3.23. The van der Waals surface area contributed by atoms with E-state index in [0.29, 0.717) is 9.23 Å². The molecule has 1 N–H and O–H groups in total. The van der Waals surface area contributed by atoms with Crippen molar-refractivity contribution >= 4 is 67.8 Å². The number of hydrogen-bond donors (Lipinski definition) is 1. The number of carbonyl (C=O) groups excluding carboxylic acids is 2. The number of thioether (sulfide) groups is 1. The number of rotatable bonds is 5. The molecule has 2 amide bonds. The molecule has 0 aromatic heterocycles. The largest absolute Gasteiger partial charge is 0.326 e. The Kier molecular flexibility index (Phi) is 6.93. The smallest absolute Gasteiger partial charge is 0.266 e. The molecule has 0 aliphatic carbocycles. The first kappa shape index (κ1) is 21.7. The molecule has 3 rings (SSSR count). The van der Waals surface area contributed by atoms with E-state index in [-0.39, 0.29) is 24.8 Å². The molecule has 0 spiro atoms. The molecule has 7 heteroatoms. The Hall–Kier alpha value is -1.96. The molecule has 2 aromatic rings. The Morgan fingerprint density at radius 2 is 1.90 bits per heavy atom. The fraction of sp³-hybridized carbons (Fsp3) is 0.227. The van der Waals surface area contributed by atoms with Crippen molar-refractivity contribution in [2.75, 3.05) is 11.9 Å². The highest BCUT2D eigenvalue weighted by molar-refractivity contribution is 9.10. The lowest BCUT2D eigenvalue weighted by atomic mass is 10.1. The molecule has 150 valence electrons. The summed E-state index contributed by atoms with van der Waals surface area (Å²) in [7, 11) is 0. The van der Waals surface area contributed by atoms with Crippen LogP contribution in [-0.2, 0) is 9.59 Å². The van der Waals surface area contributed by atoms with Crippen molar-refractivity contribution in [1.29, 1.82) is 0 Å². The number of nitrogens with zero attached hydrogens (tertiary/aromatic N) is 1. The van der Waals surface area contributed by atoms with Gasteiger partial charge < -0.3 is 5.32 Å². The standard InChI is InChI=1S/C22H21BrN2O2S2/c1-13-9-14(2)20(15(3)10-13)24-19(26)7-8-25-21(27)18(29-22(25)28)12-16-5-4-6-17(23)11-16/h4-6,9-12H,7-8H2,1-3H3,(H,24,26)/b18-12-. The van der Waals surface area contributed by atoms with Gasteiger partial charge in [0, 0.05) is 23.1 Å². The second-order valence-electron chi connectivity index (χ2n) is 6.96. The van der Waals surface area contributed by atoms with E-state index in [2.05, 4.69) is 21.2 Å². The van der Waals surface area contributed by atoms with Gasteiger partial charge in [0.25, 0.3) is 5.91 Å². The zero-order valence-corrected chi connectivity index (χ0v) is 19.6. The number of carbonyl (C=O) groups is 2. The third-order valence-corrected chi connectivity index (χ3v) is 6.39. The average Bonchev–Trinajstić information content (AvgIpc) is 2.89. The van der Waals surface area contributed by atoms with E-state index in [1.807, 2.05) is 63.2 Å². The van der Waals surface area contributed by atoms with E-state index in [4.69, 9.17) is 12.2 Å². The summed E-state index contributed by atoms with van der Waals surface area (Å²) in [6.07, 6.45) is 2.01. The van der Waals surface area contributed by atoms with Gasteiger partial charge in [-0.2, -0.15) is 0 Å². The zero-order valence-electron chi connectivity index (χ0n) is 16.4. The minimum atomic E-state index is -0.157. The van der Waals surface area contributed by atoms with Gasteiger partial charge in [-0.1, -0.05) is 69.7 Å². The van der Waals surface area contributed by atoms with Gasteiger partial charge in [-0.05, 0) is 55.7 Å². The van der Waals surface area contributed by atoms with Gasteiger partial charge in [-0.15, -0.1) is 0 Å². The molecule has 1 aliphatic heterocycles. The molecule has 2 aromatic carbocycles. The molecule has 0 atom stereocenters. The second kappa shape index (κ2) is 9.24. The van der Waals surface area contributed by atoms with Gasteiger partial charge in [0.05, 0.1) is 4.91 Å². The molecule has 1 aliphatic rings. The first-order valence-corrected chi connectivity index (χ1v) is 11.1. The van der Waals surface area contributed by atoms with Crippen LogP contribution in [0.25, 0.3) is 6.08 Å². The normalized spacial score (nSPS) is 15.3. The maximum absolute atomic E-state index is 12.7. The highest BCUT2D eigenvalue weighted by Crippen LogP contribution is 2.33. The summed E-state index contributed by atoms with van der Waals surface area (Å²) in [5.41, 5.74) is 4.97. The molecule has 0 unspecified atom stereocenters. The SMILES string of the molecule is Cc1cc(C)c(NC(=O)CCN2C(=O)/C(=C/c3cccc(Br)c3)SC2=S)c(C)c1. The molecule has 0 saturated carbocycles. The highest BCUT2D eigenvalue weighted by Gasteiger charge is 2.32. The van der Waals surface area contributed by atoms with Crippen molar-refractivity contribution in [1.82, 2.24) is 4.90 Å². The molecular formula is C22H21BrN2O2S2. The Morgan fingerprint density at radius 3 is 2.55 bits per heavy atom. The summed E-state index contributed by atoms with van der Waals surface area (Å²) in [5.74, 6) is -0.291. The number of nitrogens with one attached hydrogen (secondary N) is 1. The summed E-state index contributed by atoms with van der Waals surface area (Å²) < 4.78 is 1.42. The van der Waals surface area contributed by atoms with Crippen LogP contribution in [0.15, 0.2) is 45.8 Å². The summed E-state index contributed by atoms with van der Waals surface area (Å²) in [4.78, 5) is 27.3. The van der Waals surface area contributed by atoms with Crippen LogP contribution in [-0.4, -0.2) is 27.6 Å². The van der Waals surface area contributed by atoms with Crippen LogP contribution in [0.3, 0.4) is 0 Å². The van der Waals surface area contributed by atoms with Crippen molar-refractivity contribution in [2.45, 2.75) is 27.2 Å². The lowest BCUT2D eigenvalue weighted by molar-refractivity contribution is -0.122. The summed E-state index contributed by atoms with van der Waals surface area (Å²) >= 11 is 10.1. The maximum Gasteiger partial charge on any atom is 0.266 e. The monoisotopic (exact) mass is 488 g/mol. The summed E-state index contributed by atoms with van der Waals surface area (Å²) in [6, 6.07) is 11.8. The van der Waals surface area contributed by atoms with Crippen LogP contribution in [0.1, 0.15) is 28.7 Å². The van der Waals surface area contributed by atoms with E-state index in [0.717, 1.165) is 32.4 Å². The number of aryl methyl sites for hydroxylation is 3. The first-order chi connectivity index (χ1) is 13.7. The summed E-state index contributed by atoms with van der Waals surface area (Å²) in [5, 5.41) is 2.97. The number of benzene rings is 2. The number of thiocarbonyl (C=S) groups is 1.